The summed E-state index contributed by atoms with van der Waals surface area (Å²) in [5, 5.41) is 16.3. The van der Waals surface area contributed by atoms with Crippen molar-refractivity contribution in [3.05, 3.63) is 23.8 Å². The number of benzene rings is 1. The molecular formula is C16H24N2O2. The van der Waals surface area contributed by atoms with E-state index in [1.807, 2.05) is 19.9 Å². The van der Waals surface area contributed by atoms with Gasteiger partial charge in [0.2, 0.25) is 5.91 Å². The molecule has 1 saturated carbocycles. The van der Waals surface area contributed by atoms with Gasteiger partial charge in [0.05, 0.1) is 0 Å². The number of amides is 1. The molecule has 1 atom stereocenters. The van der Waals surface area contributed by atoms with Gasteiger partial charge in [-0.25, -0.2) is 0 Å². The van der Waals surface area contributed by atoms with Crippen LogP contribution in [0.2, 0.25) is 0 Å². The van der Waals surface area contributed by atoms with E-state index in [-0.39, 0.29) is 17.7 Å². The number of nitrogens with one attached hydrogen (secondary N) is 2. The lowest BCUT2D eigenvalue weighted by Gasteiger charge is -2.17. The van der Waals surface area contributed by atoms with Gasteiger partial charge in [0.1, 0.15) is 5.75 Å². The average molecular weight is 276 g/mol. The molecule has 4 heteroatoms. The maximum Gasteiger partial charge on any atom is 0.224 e. The number of carbonyl (C=O) groups excluding carboxylic acids is 1. The highest BCUT2D eigenvalue weighted by molar-refractivity contribution is 5.90. The minimum atomic E-state index is 0.0164. The van der Waals surface area contributed by atoms with E-state index < -0.39 is 0 Å². The minimum absolute atomic E-state index is 0.0164. The SMILES string of the molecule is CCCC(=O)Nc1ccc(O)c(C(C)NCC2CC2)c1. The molecule has 0 aromatic heterocycles. The normalized spacial score (nSPS) is 15.9. The van der Waals surface area contributed by atoms with Gasteiger partial charge in [-0.15, -0.1) is 0 Å². The van der Waals surface area contributed by atoms with Crippen molar-refractivity contribution >= 4 is 11.6 Å². The fourth-order valence-electron chi connectivity index (χ4n) is 2.21. The van der Waals surface area contributed by atoms with Crippen LogP contribution in [0, 0.1) is 5.92 Å². The van der Waals surface area contributed by atoms with Gasteiger partial charge >= 0.3 is 0 Å². The van der Waals surface area contributed by atoms with E-state index in [9.17, 15) is 9.90 Å². The molecule has 110 valence electrons. The van der Waals surface area contributed by atoms with Crippen LogP contribution in [0.1, 0.15) is 51.1 Å². The summed E-state index contributed by atoms with van der Waals surface area (Å²) in [4.78, 5) is 11.6. The predicted molar refractivity (Wildman–Crippen MR) is 80.8 cm³/mol. The molecule has 0 saturated heterocycles. The Morgan fingerprint density at radius 2 is 2.20 bits per heavy atom. The van der Waals surface area contributed by atoms with E-state index in [0.29, 0.717) is 6.42 Å². The van der Waals surface area contributed by atoms with E-state index in [4.69, 9.17) is 0 Å². The smallest absolute Gasteiger partial charge is 0.224 e. The zero-order chi connectivity index (χ0) is 14.5. The number of hydrogen-bond acceptors (Lipinski definition) is 3. The van der Waals surface area contributed by atoms with Gasteiger partial charge in [-0.3, -0.25) is 4.79 Å². The van der Waals surface area contributed by atoms with Crippen LogP contribution in [0.5, 0.6) is 5.75 Å². The molecule has 20 heavy (non-hydrogen) atoms. The molecule has 1 aromatic rings. The summed E-state index contributed by atoms with van der Waals surface area (Å²) in [6.07, 6.45) is 3.96. The minimum Gasteiger partial charge on any atom is -0.508 e. The lowest BCUT2D eigenvalue weighted by atomic mass is 10.1. The largest absolute Gasteiger partial charge is 0.508 e. The number of anilines is 1. The summed E-state index contributed by atoms with van der Waals surface area (Å²) < 4.78 is 0. The van der Waals surface area contributed by atoms with Crippen molar-refractivity contribution in [2.45, 2.75) is 45.6 Å². The van der Waals surface area contributed by atoms with Gasteiger partial charge in [-0.2, -0.15) is 0 Å². The van der Waals surface area contributed by atoms with Gasteiger partial charge < -0.3 is 15.7 Å². The molecule has 4 nitrogen and oxygen atoms in total. The summed E-state index contributed by atoms with van der Waals surface area (Å²) in [6, 6.07) is 5.32. The number of phenolic OH excluding ortho intramolecular Hbond substituents is 1. The van der Waals surface area contributed by atoms with E-state index >= 15 is 0 Å². The Morgan fingerprint density at radius 1 is 1.45 bits per heavy atom. The van der Waals surface area contributed by atoms with E-state index in [1.54, 1.807) is 12.1 Å². The van der Waals surface area contributed by atoms with Crippen molar-refractivity contribution in [2.24, 2.45) is 5.92 Å². The Balaban J connectivity index is 2.00. The van der Waals surface area contributed by atoms with E-state index in [2.05, 4.69) is 10.6 Å². The van der Waals surface area contributed by atoms with Crippen LogP contribution in [0.25, 0.3) is 0 Å². The molecule has 1 fully saturated rings. The molecule has 2 rings (SSSR count). The molecule has 1 aliphatic rings. The first-order valence-electron chi connectivity index (χ1n) is 7.46. The van der Waals surface area contributed by atoms with E-state index in [1.165, 1.54) is 12.8 Å². The second-order valence-corrected chi connectivity index (χ2v) is 5.65. The molecule has 0 aliphatic heterocycles. The Morgan fingerprint density at radius 3 is 2.85 bits per heavy atom. The van der Waals surface area contributed by atoms with Crippen LogP contribution < -0.4 is 10.6 Å². The summed E-state index contributed by atoms with van der Waals surface area (Å²) in [6.45, 7) is 5.01. The van der Waals surface area contributed by atoms with Gasteiger partial charge in [-0.1, -0.05) is 6.92 Å². The second-order valence-electron chi connectivity index (χ2n) is 5.65. The van der Waals surface area contributed by atoms with Gasteiger partial charge in [-0.05, 0) is 56.8 Å². The Bertz CT molecular complexity index is 470. The molecule has 1 aliphatic carbocycles. The van der Waals surface area contributed by atoms with Crippen LogP contribution in [-0.2, 0) is 4.79 Å². The lowest BCUT2D eigenvalue weighted by Crippen LogP contribution is -2.21. The van der Waals surface area contributed by atoms with Gasteiger partial charge in [0.15, 0.2) is 0 Å². The number of phenols is 1. The third-order valence-electron chi connectivity index (χ3n) is 3.66. The van der Waals surface area contributed by atoms with Gasteiger partial charge in [0, 0.05) is 23.7 Å². The van der Waals surface area contributed by atoms with Gasteiger partial charge in [0.25, 0.3) is 0 Å². The quantitative estimate of drug-likeness (QED) is 0.670. The highest BCUT2D eigenvalue weighted by Gasteiger charge is 2.22. The zero-order valence-corrected chi connectivity index (χ0v) is 12.3. The van der Waals surface area contributed by atoms with Crippen molar-refractivity contribution in [1.82, 2.24) is 5.32 Å². The number of hydrogen-bond donors (Lipinski definition) is 3. The number of rotatable bonds is 7. The maximum absolute atomic E-state index is 11.6. The van der Waals surface area contributed by atoms with Crippen LogP contribution >= 0.6 is 0 Å². The molecular weight excluding hydrogens is 252 g/mol. The van der Waals surface area contributed by atoms with Crippen molar-refractivity contribution < 1.29 is 9.90 Å². The number of carbonyl (C=O) groups is 1. The van der Waals surface area contributed by atoms with Crippen LogP contribution in [0.4, 0.5) is 5.69 Å². The molecule has 1 unspecified atom stereocenters. The summed E-state index contributed by atoms with van der Waals surface area (Å²) in [5.41, 5.74) is 1.58. The highest BCUT2D eigenvalue weighted by atomic mass is 16.3. The molecule has 3 N–H and O–H groups in total. The van der Waals surface area contributed by atoms with Crippen molar-refractivity contribution in [3.63, 3.8) is 0 Å². The monoisotopic (exact) mass is 276 g/mol. The lowest BCUT2D eigenvalue weighted by molar-refractivity contribution is -0.116. The molecule has 0 spiro atoms. The fourth-order valence-corrected chi connectivity index (χ4v) is 2.21. The predicted octanol–water partition coefficient (Wildman–Crippen LogP) is 3.19. The summed E-state index contributed by atoms with van der Waals surface area (Å²) in [7, 11) is 0. The Labute approximate surface area is 120 Å². The third-order valence-corrected chi connectivity index (χ3v) is 3.66. The Kier molecular flexibility index (Phi) is 5.01. The third kappa shape index (κ3) is 4.23. The zero-order valence-electron chi connectivity index (χ0n) is 12.3. The van der Waals surface area contributed by atoms with Crippen LogP contribution in [0.3, 0.4) is 0 Å². The molecule has 0 bridgehead atoms. The van der Waals surface area contributed by atoms with Crippen molar-refractivity contribution in [2.75, 3.05) is 11.9 Å². The first-order chi connectivity index (χ1) is 9.60. The molecule has 1 aromatic carbocycles. The summed E-state index contributed by atoms with van der Waals surface area (Å²) in [5.74, 6) is 1.09. The standard InChI is InChI=1S/C16H24N2O2/c1-3-4-16(20)18-13-7-8-15(19)14(9-13)11(2)17-10-12-5-6-12/h7-9,11-12,17,19H,3-6,10H2,1-2H3,(H,18,20). The fraction of sp³-hybridized carbons (Fsp3) is 0.562. The number of aromatic hydroxyl groups is 1. The van der Waals surface area contributed by atoms with Crippen LogP contribution in [-0.4, -0.2) is 17.6 Å². The first-order valence-corrected chi connectivity index (χ1v) is 7.46. The van der Waals surface area contributed by atoms with E-state index in [0.717, 1.165) is 30.1 Å². The van der Waals surface area contributed by atoms with Crippen molar-refractivity contribution in [1.29, 1.82) is 0 Å². The highest BCUT2D eigenvalue weighted by Crippen LogP contribution is 2.31. The first kappa shape index (κ1) is 14.9. The molecule has 0 radical (unpaired) electrons. The average Bonchev–Trinajstić information content (AvgIpc) is 3.22. The van der Waals surface area contributed by atoms with Crippen molar-refractivity contribution in [3.8, 4) is 5.75 Å². The summed E-state index contributed by atoms with van der Waals surface area (Å²) >= 11 is 0. The molecule has 0 heterocycles. The Hall–Kier alpha value is -1.55. The maximum atomic E-state index is 11.6. The second kappa shape index (κ2) is 6.75. The molecule has 1 amide bonds. The van der Waals surface area contributed by atoms with Crippen LogP contribution in [0.15, 0.2) is 18.2 Å². The topological polar surface area (TPSA) is 61.4 Å².